The number of carbonyl (C=O) groups is 1. The van der Waals surface area contributed by atoms with Crippen LogP contribution in [0.2, 0.25) is 5.02 Å². The van der Waals surface area contributed by atoms with E-state index in [0.717, 1.165) is 5.69 Å². The smallest absolute Gasteiger partial charge is 0.258 e. The molecule has 1 heterocycles. The summed E-state index contributed by atoms with van der Waals surface area (Å²) in [4.78, 5) is 14.6. The fourth-order valence-corrected chi connectivity index (χ4v) is 2.48. The number of ether oxygens (including phenoxy) is 1. The molecule has 122 valence electrons. The van der Waals surface area contributed by atoms with E-state index in [-0.39, 0.29) is 5.91 Å². The molecule has 5 heteroatoms. The van der Waals surface area contributed by atoms with Crippen molar-refractivity contribution in [2.75, 3.05) is 12.0 Å². The lowest BCUT2D eigenvalue weighted by Crippen LogP contribution is -2.30. The van der Waals surface area contributed by atoms with Crippen LogP contribution in [-0.4, -0.2) is 13.0 Å². The Morgan fingerprint density at radius 2 is 1.79 bits per heavy atom. The first kappa shape index (κ1) is 16.1. The van der Waals surface area contributed by atoms with Crippen molar-refractivity contribution in [3.05, 3.63) is 83.3 Å². The Labute approximate surface area is 145 Å². The van der Waals surface area contributed by atoms with E-state index in [2.05, 4.69) is 0 Å². The molecule has 0 saturated carbocycles. The first-order valence-corrected chi connectivity index (χ1v) is 7.79. The van der Waals surface area contributed by atoms with Crippen LogP contribution in [0.15, 0.2) is 71.3 Å². The van der Waals surface area contributed by atoms with Crippen molar-refractivity contribution in [3.8, 4) is 5.75 Å². The molecule has 0 atom stereocenters. The molecule has 0 aliphatic heterocycles. The molecule has 3 aromatic rings. The number of hydrogen-bond acceptors (Lipinski definition) is 3. The third-order valence-electron chi connectivity index (χ3n) is 3.61. The number of amides is 1. The van der Waals surface area contributed by atoms with Crippen LogP contribution in [0.25, 0.3) is 0 Å². The van der Waals surface area contributed by atoms with Crippen molar-refractivity contribution in [2.24, 2.45) is 0 Å². The van der Waals surface area contributed by atoms with Gasteiger partial charge in [0, 0.05) is 16.3 Å². The third-order valence-corrected chi connectivity index (χ3v) is 3.87. The van der Waals surface area contributed by atoms with Gasteiger partial charge in [0.15, 0.2) is 0 Å². The molecule has 4 nitrogen and oxygen atoms in total. The summed E-state index contributed by atoms with van der Waals surface area (Å²) in [5, 5.41) is 0.619. The van der Waals surface area contributed by atoms with Crippen LogP contribution in [0.5, 0.6) is 5.75 Å². The second-order valence-electron chi connectivity index (χ2n) is 5.18. The van der Waals surface area contributed by atoms with E-state index >= 15 is 0 Å². The summed E-state index contributed by atoms with van der Waals surface area (Å²) in [7, 11) is 1.59. The summed E-state index contributed by atoms with van der Waals surface area (Å²) in [6.07, 6.45) is 1.59. The molecule has 1 amide bonds. The topological polar surface area (TPSA) is 42.7 Å². The van der Waals surface area contributed by atoms with Crippen molar-refractivity contribution in [1.82, 2.24) is 0 Å². The molecule has 24 heavy (non-hydrogen) atoms. The van der Waals surface area contributed by atoms with E-state index in [4.69, 9.17) is 20.8 Å². The normalized spacial score (nSPS) is 10.4. The molecule has 0 spiro atoms. The third kappa shape index (κ3) is 3.60. The maximum absolute atomic E-state index is 13.0. The minimum absolute atomic E-state index is 0.128. The summed E-state index contributed by atoms with van der Waals surface area (Å²) >= 11 is 5.95. The lowest BCUT2D eigenvalue weighted by molar-refractivity contribution is 0.0983. The van der Waals surface area contributed by atoms with Crippen molar-refractivity contribution < 1.29 is 13.9 Å². The quantitative estimate of drug-likeness (QED) is 0.670. The number of anilines is 1. The molecule has 2 aromatic carbocycles. The summed E-state index contributed by atoms with van der Waals surface area (Å²) in [5.74, 6) is 1.28. The Morgan fingerprint density at radius 3 is 2.38 bits per heavy atom. The van der Waals surface area contributed by atoms with Gasteiger partial charge in [0.1, 0.15) is 11.5 Å². The van der Waals surface area contributed by atoms with Gasteiger partial charge in [0.25, 0.3) is 5.91 Å². The Kier molecular flexibility index (Phi) is 4.87. The number of benzene rings is 2. The van der Waals surface area contributed by atoms with Gasteiger partial charge in [0.2, 0.25) is 0 Å². The second-order valence-corrected chi connectivity index (χ2v) is 5.61. The zero-order chi connectivity index (χ0) is 16.9. The lowest BCUT2D eigenvalue weighted by Gasteiger charge is -2.22. The molecule has 0 fully saturated rings. The average molecular weight is 342 g/mol. The summed E-state index contributed by atoms with van der Waals surface area (Å²) in [6, 6.07) is 17.8. The van der Waals surface area contributed by atoms with Crippen LogP contribution < -0.4 is 9.64 Å². The highest BCUT2D eigenvalue weighted by atomic mass is 35.5. The fourth-order valence-electron chi connectivity index (χ4n) is 2.35. The highest BCUT2D eigenvalue weighted by Gasteiger charge is 2.19. The van der Waals surface area contributed by atoms with Crippen LogP contribution in [0, 0.1) is 0 Å². The number of methoxy groups -OCH3 is 1. The second kappa shape index (κ2) is 7.23. The van der Waals surface area contributed by atoms with Crippen molar-refractivity contribution in [3.63, 3.8) is 0 Å². The Hall–Kier alpha value is -2.72. The zero-order valence-corrected chi connectivity index (χ0v) is 13.9. The molecule has 0 N–H and O–H groups in total. The van der Waals surface area contributed by atoms with Crippen molar-refractivity contribution >= 4 is 23.2 Å². The molecule has 0 unspecified atom stereocenters. The van der Waals surface area contributed by atoms with Crippen LogP contribution in [0.1, 0.15) is 16.1 Å². The van der Waals surface area contributed by atoms with Gasteiger partial charge >= 0.3 is 0 Å². The Morgan fingerprint density at radius 1 is 1.08 bits per heavy atom. The van der Waals surface area contributed by atoms with E-state index in [0.29, 0.717) is 28.6 Å². The fraction of sp³-hybridized carbons (Fsp3) is 0.105. The van der Waals surface area contributed by atoms with Gasteiger partial charge < -0.3 is 14.1 Å². The molecule has 0 aliphatic rings. The predicted molar refractivity (Wildman–Crippen MR) is 93.7 cm³/mol. The number of carbonyl (C=O) groups excluding carboxylic acids is 1. The average Bonchev–Trinajstić information content (AvgIpc) is 3.13. The van der Waals surface area contributed by atoms with Crippen molar-refractivity contribution in [2.45, 2.75) is 6.54 Å². The molecule has 3 rings (SSSR count). The SMILES string of the molecule is COc1ccc(C(=O)N(Cc2ccco2)c2ccc(Cl)cc2)cc1. The lowest BCUT2D eigenvalue weighted by atomic mass is 10.1. The van der Waals surface area contributed by atoms with E-state index in [1.807, 2.05) is 18.2 Å². The van der Waals surface area contributed by atoms with E-state index in [1.54, 1.807) is 60.7 Å². The molecule has 0 saturated heterocycles. The van der Waals surface area contributed by atoms with E-state index in [1.165, 1.54) is 0 Å². The van der Waals surface area contributed by atoms with E-state index < -0.39 is 0 Å². The maximum Gasteiger partial charge on any atom is 0.258 e. The van der Waals surface area contributed by atoms with Gasteiger partial charge in [-0.05, 0) is 60.7 Å². The Bertz CT molecular complexity index is 796. The molecule has 0 bridgehead atoms. The number of furan rings is 1. The highest BCUT2D eigenvalue weighted by molar-refractivity contribution is 6.30. The number of rotatable bonds is 5. The predicted octanol–water partition coefficient (Wildman–Crippen LogP) is 4.79. The molecule has 0 radical (unpaired) electrons. The molecule has 0 aliphatic carbocycles. The minimum Gasteiger partial charge on any atom is -0.497 e. The van der Waals surface area contributed by atoms with Gasteiger partial charge in [-0.3, -0.25) is 4.79 Å². The summed E-state index contributed by atoms with van der Waals surface area (Å²) in [6.45, 7) is 0.333. The number of hydrogen-bond donors (Lipinski definition) is 0. The zero-order valence-electron chi connectivity index (χ0n) is 13.1. The van der Waals surface area contributed by atoms with Crippen LogP contribution in [-0.2, 0) is 6.54 Å². The summed E-state index contributed by atoms with van der Waals surface area (Å²) < 4.78 is 10.5. The van der Waals surface area contributed by atoms with Crippen LogP contribution >= 0.6 is 11.6 Å². The first-order valence-electron chi connectivity index (χ1n) is 7.41. The van der Waals surface area contributed by atoms with Gasteiger partial charge in [-0.2, -0.15) is 0 Å². The van der Waals surface area contributed by atoms with E-state index in [9.17, 15) is 4.79 Å². The minimum atomic E-state index is -0.128. The van der Waals surface area contributed by atoms with Crippen LogP contribution in [0.4, 0.5) is 5.69 Å². The largest absolute Gasteiger partial charge is 0.497 e. The monoisotopic (exact) mass is 341 g/mol. The number of nitrogens with zero attached hydrogens (tertiary/aromatic N) is 1. The first-order chi connectivity index (χ1) is 11.7. The van der Waals surface area contributed by atoms with Crippen molar-refractivity contribution in [1.29, 1.82) is 0 Å². The molecule has 1 aromatic heterocycles. The maximum atomic E-state index is 13.0. The van der Waals surface area contributed by atoms with Gasteiger partial charge in [-0.15, -0.1) is 0 Å². The number of halogens is 1. The van der Waals surface area contributed by atoms with Crippen LogP contribution in [0.3, 0.4) is 0 Å². The molecular formula is C19H16ClNO3. The summed E-state index contributed by atoms with van der Waals surface area (Å²) in [5.41, 5.74) is 1.31. The Balaban J connectivity index is 1.93. The van der Waals surface area contributed by atoms with Gasteiger partial charge in [-0.1, -0.05) is 11.6 Å². The van der Waals surface area contributed by atoms with Gasteiger partial charge in [0.05, 0.1) is 19.9 Å². The standard InChI is InChI=1S/C19H16ClNO3/c1-23-17-10-4-14(5-11-17)19(22)21(13-18-3-2-12-24-18)16-8-6-15(20)7-9-16/h2-12H,13H2,1H3. The molecular weight excluding hydrogens is 326 g/mol. The van der Waals surface area contributed by atoms with Gasteiger partial charge in [-0.25, -0.2) is 0 Å². The highest BCUT2D eigenvalue weighted by Crippen LogP contribution is 2.23.